The van der Waals surface area contributed by atoms with Gasteiger partial charge in [0, 0.05) is 26.1 Å². The Bertz CT molecular complexity index is 670. The molecule has 1 aliphatic heterocycles. The number of piperidine rings is 1. The lowest BCUT2D eigenvalue weighted by Gasteiger charge is -2.25. The van der Waals surface area contributed by atoms with Crippen LogP contribution in [0, 0.1) is 0 Å². The number of nitrogens with zero attached hydrogens (tertiary/aromatic N) is 1. The highest BCUT2D eigenvalue weighted by Gasteiger charge is 2.18. The number of methoxy groups -OCH3 is 1. The van der Waals surface area contributed by atoms with Crippen molar-refractivity contribution >= 4 is 5.91 Å². The van der Waals surface area contributed by atoms with E-state index in [1.54, 1.807) is 7.11 Å². The van der Waals surface area contributed by atoms with Crippen LogP contribution in [0.1, 0.15) is 76.2 Å². The predicted octanol–water partition coefficient (Wildman–Crippen LogP) is 4.27. The number of rotatable bonds is 14. The average molecular weight is 446 g/mol. The van der Waals surface area contributed by atoms with Crippen molar-refractivity contribution in [1.29, 1.82) is 0 Å². The Morgan fingerprint density at radius 3 is 2.56 bits per heavy atom. The van der Waals surface area contributed by atoms with Gasteiger partial charge in [0.25, 0.3) is 0 Å². The van der Waals surface area contributed by atoms with Crippen molar-refractivity contribution in [3.63, 3.8) is 0 Å². The van der Waals surface area contributed by atoms with Crippen molar-refractivity contribution in [3.05, 3.63) is 23.8 Å². The highest BCUT2D eigenvalue weighted by Crippen LogP contribution is 2.32. The third-order valence-electron chi connectivity index (χ3n) is 6.61. The second kappa shape index (κ2) is 14.4. The van der Waals surface area contributed by atoms with Gasteiger partial charge in [0.2, 0.25) is 5.91 Å². The van der Waals surface area contributed by atoms with E-state index < -0.39 is 0 Å². The molecule has 180 valence electrons. The van der Waals surface area contributed by atoms with E-state index in [0.717, 1.165) is 82.9 Å². The summed E-state index contributed by atoms with van der Waals surface area (Å²) in [5.41, 5.74) is 1.22. The zero-order valence-corrected chi connectivity index (χ0v) is 20.0. The van der Waals surface area contributed by atoms with E-state index in [0.29, 0.717) is 12.5 Å². The molecule has 0 aromatic heterocycles. The quantitative estimate of drug-likeness (QED) is 0.419. The SMILES string of the molecule is COc1ccc(CNCCCCCNC(=O)CCN2CCCCC2)cc1OC1CCCC1. The van der Waals surface area contributed by atoms with Crippen LogP contribution in [-0.2, 0) is 11.3 Å². The van der Waals surface area contributed by atoms with Gasteiger partial charge in [-0.3, -0.25) is 4.79 Å². The molecule has 0 atom stereocenters. The first kappa shape index (κ1) is 24.8. The fraction of sp³-hybridized carbons (Fsp3) is 0.731. The Labute approximate surface area is 194 Å². The van der Waals surface area contributed by atoms with Gasteiger partial charge in [-0.2, -0.15) is 0 Å². The Hall–Kier alpha value is -1.79. The summed E-state index contributed by atoms with van der Waals surface area (Å²) in [6.07, 6.45) is 13.0. The molecule has 0 spiro atoms. The normalized spacial score (nSPS) is 17.4. The number of unbranched alkanes of at least 4 members (excludes halogenated alkanes) is 2. The van der Waals surface area contributed by atoms with Gasteiger partial charge in [-0.25, -0.2) is 0 Å². The Morgan fingerprint density at radius 1 is 1.00 bits per heavy atom. The summed E-state index contributed by atoms with van der Waals surface area (Å²) in [6, 6.07) is 6.23. The molecule has 1 saturated carbocycles. The molecule has 0 bridgehead atoms. The minimum Gasteiger partial charge on any atom is -0.493 e. The van der Waals surface area contributed by atoms with Gasteiger partial charge in [-0.15, -0.1) is 0 Å². The van der Waals surface area contributed by atoms with Crippen molar-refractivity contribution in [3.8, 4) is 11.5 Å². The van der Waals surface area contributed by atoms with Crippen LogP contribution in [0.3, 0.4) is 0 Å². The van der Waals surface area contributed by atoms with E-state index in [9.17, 15) is 4.79 Å². The molecule has 32 heavy (non-hydrogen) atoms. The first-order valence-corrected chi connectivity index (χ1v) is 12.8. The molecule has 1 aromatic rings. The number of nitrogens with one attached hydrogen (secondary N) is 2. The molecule has 2 fully saturated rings. The molecule has 0 unspecified atom stereocenters. The lowest BCUT2D eigenvalue weighted by Crippen LogP contribution is -2.34. The number of likely N-dealkylation sites (tertiary alicyclic amines) is 1. The van der Waals surface area contributed by atoms with Gasteiger partial charge in [0.15, 0.2) is 11.5 Å². The second-order valence-corrected chi connectivity index (χ2v) is 9.25. The maximum Gasteiger partial charge on any atom is 0.221 e. The summed E-state index contributed by atoms with van der Waals surface area (Å²) in [4.78, 5) is 14.4. The van der Waals surface area contributed by atoms with Crippen LogP contribution in [0.5, 0.6) is 11.5 Å². The van der Waals surface area contributed by atoms with Crippen molar-refractivity contribution in [2.75, 3.05) is 39.8 Å². The van der Waals surface area contributed by atoms with E-state index in [-0.39, 0.29) is 5.91 Å². The van der Waals surface area contributed by atoms with E-state index in [2.05, 4.69) is 27.7 Å². The Balaban J connectivity index is 1.22. The lowest BCUT2D eigenvalue weighted by atomic mass is 10.1. The molecule has 6 nitrogen and oxygen atoms in total. The lowest BCUT2D eigenvalue weighted by molar-refractivity contribution is -0.121. The predicted molar refractivity (Wildman–Crippen MR) is 129 cm³/mol. The molecular weight excluding hydrogens is 402 g/mol. The second-order valence-electron chi connectivity index (χ2n) is 9.25. The van der Waals surface area contributed by atoms with E-state index in [1.165, 1.54) is 37.7 Å². The molecule has 2 aliphatic rings. The van der Waals surface area contributed by atoms with Crippen LogP contribution in [0.25, 0.3) is 0 Å². The van der Waals surface area contributed by atoms with Gasteiger partial charge in [0.1, 0.15) is 0 Å². The van der Waals surface area contributed by atoms with E-state index >= 15 is 0 Å². The number of hydrogen-bond acceptors (Lipinski definition) is 5. The summed E-state index contributed by atoms with van der Waals surface area (Å²) in [7, 11) is 1.70. The molecule has 1 saturated heterocycles. The maximum absolute atomic E-state index is 12.0. The van der Waals surface area contributed by atoms with Crippen LogP contribution >= 0.6 is 0 Å². The standard InChI is InChI=1S/C26H43N3O3/c1-31-24-13-12-22(20-25(24)32-23-10-4-5-11-23)21-27-15-6-2-7-16-28-26(30)14-19-29-17-8-3-9-18-29/h12-13,20,23,27H,2-11,14-19,21H2,1H3,(H,28,30). The summed E-state index contributed by atoms with van der Waals surface area (Å²) >= 11 is 0. The van der Waals surface area contributed by atoms with Crippen molar-refractivity contribution in [2.45, 2.75) is 83.3 Å². The van der Waals surface area contributed by atoms with Crippen LogP contribution in [0.4, 0.5) is 0 Å². The van der Waals surface area contributed by atoms with E-state index in [4.69, 9.17) is 9.47 Å². The summed E-state index contributed by atoms with van der Waals surface area (Å²) in [5.74, 6) is 1.89. The van der Waals surface area contributed by atoms with Crippen molar-refractivity contribution in [1.82, 2.24) is 15.5 Å². The van der Waals surface area contributed by atoms with Crippen molar-refractivity contribution < 1.29 is 14.3 Å². The van der Waals surface area contributed by atoms with Gasteiger partial charge in [-0.1, -0.05) is 18.9 Å². The number of carbonyl (C=O) groups excluding carboxylic acids is 1. The Morgan fingerprint density at radius 2 is 1.78 bits per heavy atom. The molecule has 1 heterocycles. The van der Waals surface area contributed by atoms with Crippen LogP contribution in [-0.4, -0.2) is 56.7 Å². The maximum atomic E-state index is 12.0. The number of ether oxygens (including phenoxy) is 2. The minimum atomic E-state index is 0.198. The summed E-state index contributed by atoms with van der Waals surface area (Å²) < 4.78 is 11.7. The molecular formula is C26H43N3O3. The van der Waals surface area contributed by atoms with Crippen LogP contribution in [0.2, 0.25) is 0 Å². The number of carbonyl (C=O) groups is 1. The van der Waals surface area contributed by atoms with Gasteiger partial charge in [0.05, 0.1) is 13.2 Å². The smallest absolute Gasteiger partial charge is 0.221 e. The topological polar surface area (TPSA) is 62.8 Å². The first-order valence-electron chi connectivity index (χ1n) is 12.8. The van der Waals surface area contributed by atoms with Gasteiger partial charge in [-0.05, 0) is 88.7 Å². The zero-order chi connectivity index (χ0) is 22.4. The average Bonchev–Trinajstić information content (AvgIpc) is 3.33. The monoisotopic (exact) mass is 445 g/mol. The molecule has 1 amide bonds. The van der Waals surface area contributed by atoms with Crippen molar-refractivity contribution in [2.24, 2.45) is 0 Å². The number of benzene rings is 1. The molecule has 0 radical (unpaired) electrons. The van der Waals surface area contributed by atoms with E-state index in [1.807, 2.05) is 6.07 Å². The fourth-order valence-electron chi connectivity index (χ4n) is 4.65. The summed E-state index contributed by atoms with van der Waals surface area (Å²) in [6.45, 7) is 5.83. The minimum absolute atomic E-state index is 0.198. The fourth-order valence-corrected chi connectivity index (χ4v) is 4.65. The Kier molecular flexibility index (Phi) is 11.2. The molecule has 3 rings (SSSR count). The number of hydrogen-bond donors (Lipinski definition) is 2. The van der Waals surface area contributed by atoms with Crippen LogP contribution in [0.15, 0.2) is 18.2 Å². The highest BCUT2D eigenvalue weighted by atomic mass is 16.5. The number of amides is 1. The molecule has 6 heteroatoms. The zero-order valence-electron chi connectivity index (χ0n) is 20.0. The highest BCUT2D eigenvalue weighted by molar-refractivity contribution is 5.76. The molecule has 2 N–H and O–H groups in total. The largest absolute Gasteiger partial charge is 0.493 e. The molecule has 1 aliphatic carbocycles. The summed E-state index contributed by atoms with van der Waals surface area (Å²) in [5, 5.41) is 6.60. The third-order valence-corrected chi connectivity index (χ3v) is 6.61. The molecule has 1 aromatic carbocycles. The third kappa shape index (κ3) is 8.99. The first-order chi connectivity index (χ1) is 15.7. The van der Waals surface area contributed by atoms with Gasteiger partial charge >= 0.3 is 0 Å². The van der Waals surface area contributed by atoms with Gasteiger partial charge < -0.3 is 25.0 Å². The van der Waals surface area contributed by atoms with Crippen LogP contribution < -0.4 is 20.1 Å².